The first-order valence-electron chi connectivity index (χ1n) is 6.27. The summed E-state index contributed by atoms with van der Waals surface area (Å²) < 4.78 is 2.07. The van der Waals surface area contributed by atoms with E-state index in [1.807, 2.05) is 37.1 Å². The third kappa shape index (κ3) is 2.39. The van der Waals surface area contributed by atoms with Crippen molar-refractivity contribution in [3.63, 3.8) is 0 Å². The molecule has 98 valence electrons. The summed E-state index contributed by atoms with van der Waals surface area (Å²) in [6, 6.07) is 2.30. The number of thiazole rings is 1. The van der Waals surface area contributed by atoms with E-state index in [1.54, 1.807) is 11.3 Å². The van der Waals surface area contributed by atoms with Gasteiger partial charge in [-0.15, -0.1) is 11.3 Å². The highest BCUT2D eigenvalue weighted by molar-refractivity contribution is 7.15. The Morgan fingerprint density at radius 2 is 2.37 bits per heavy atom. The summed E-state index contributed by atoms with van der Waals surface area (Å²) in [6.45, 7) is 2.12. The monoisotopic (exact) mass is 272 g/mol. The van der Waals surface area contributed by atoms with Crippen LogP contribution in [0.5, 0.6) is 0 Å². The molecule has 3 rings (SSSR count). The second-order valence-corrected chi connectivity index (χ2v) is 5.48. The fraction of sp³-hybridized carbons (Fsp3) is 0.286. The van der Waals surface area contributed by atoms with Gasteiger partial charge in [0.05, 0.1) is 5.69 Å². The van der Waals surface area contributed by atoms with Gasteiger partial charge in [-0.2, -0.15) is 0 Å². The molecule has 0 saturated carbocycles. The Bertz CT molecular complexity index is 657. The van der Waals surface area contributed by atoms with E-state index in [-0.39, 0.29) is 6.04 Å². The van der Waals surface area contributed by atoms with Crippen molar-refractivity contribution in [3.05, 3.63) is 53.1 Å². The normalized spacial score (nSPS) is 12.9. The Kier molecular flexibility index (Phi) is 3.31. The third-order valence-corrected chi connectivity index (χ3v) is 4.13. The number of fused-ring (bicyclic) bond motifs is 1. The molecule has 3 aromatic rings. The Morgan fingerprint density at radius 1 is 1.47 bits per heavy atom. The standard InChI is InChI=1S/C14H16N4S/c1-10-3-4-16-8-12(10)13(15-2)7-11-9-18-5-6-19-14(18)17-11/h3-6,8-9,13,15H,7H2,1-2H3. The van der Waals surface area contributed by atoms with Gasteiger partial charge < -0.3 is 5.32 Å². The number of imidazole rings is 1. The highest BCUT2D eigenvalue weighted by Crippen LogP contribution is 2.21. The smallest absolute Gasteiger partial charge is 0.193 e. The number of pyridine rings is 1. The van der Waals surface area contributed by atoms with Crippen LogP contribution in [0.25, 0.3) is 4.96 Å². The zero-order chi connectivity index (χ0) is 13.2. The molecule has 0 saturated heterocycles. The lowest BCUT2D eigenvalue weighted by atomic mass is 10.0. The molecule has 1 N–H and O–H groups in total. The largest absolute Gasteiger partial charge is 0.313 e. The Morgan fingerprint density at radius 3 is 3.11 bits per heavy atom. The van der Waals surface area contributed by atoms with Crippen LogP contribution < -0.4 is 5.32 Å². The molecule has 3 aromatic heterocycles. The molecule has 5 heteroatoms. The molecule has 0 radical (unpaired) electrons. The van der Waals surface area contributed by atoms with Gasteiger partial charge in [0.2, 0.25) is 0 Å². The van der Waals surface area contributed by atoms with Crippen molar-refractivity contribution in [2.75, 3.05) is 7.05 Å². The predicted molar refractivity (Wildman–Crippen MR) is 77.5 cm³/mol. The number of nitrogens with one attached hydrogen (secondary N) is 1. The number of rotatable bonds is 4. The molecular formula is C14H16N4S. The van der Waals surface area contributed by atoms with Crippen molar-refractivity contribution in [2.24, 2.45) is 0 Å². The van der Waals surface area contributed by atoms with Crippen molar-refractivity contribution >= 4 is 16.3 Å². The maximum absolute atomic E-state index is 4.64. The first-order valence-corrected chi connectivity index (χ1v) is 7.14. The summed E-state index contributed by atoms with van der Waals surface area (Å²) >= 11 is 1.66. The molecule has 0 spiro atoms. The molecule has 1 atom stereocenters. The molecule has 0 aliphatic carbocycles. The van der Waals surface area contributed by atoms with Crippen LogP contribution >= 0.6 is 11.3 Å². The Hall–Kier alpha value is -1.72. The Balaban J connectivity index is 1.87. The molecule has 1 unspecified atom stereocenters. The Labute approximate surface area is 116 Å². The molecular weight excluding hydrogens is 256 g/mol. The van der Waals surface area contributed by atoms with Crippen molar-refractivity contribution in [2.45, 2.75) is 19.4 Å². The lowest BCUT2D eigenvalue weighted by molar-refractivity contribution is 0.581. The molecule has 0 bridgehead atoms. The molecule has 0 aromatic carbocycles. The number of nitrogens with zero attached hydrogens (tertiary/aromatic N) is 3. The summed E-state index contributed by atoms with van der Waals surface area (Å²) in [6.07, 6.45) is 8.78. The van der Waals surface area contributed by atoms with Gasteiger partial charge in [-0.1, -0.05) is 0 Å². The van der Waals surface area contributed by atoms with Gasteiger partial charge in [-0.05, 0) is 31.2 Å². The molecule has 3 heterocycles. The van der Waals surface area contributed by atoms with Crippen LogP contribution in [0.1, 0.15) is 22.9 Å². The minimum absolute atomic E-state index is 0.248. The molecule has 4 nitrogen and oxygen atoms in total. The van der Waals surface area contributed by atoms with Gasteiger partial charge in [0.1, 0.15) is 0 Å². The van der Waals surface area contributed by atoms with E-state index in [0.717, 1.165) is 17.1 Å². The van der Waals surface area contributed by atoms with Gasteiger partial charge in [-0.3, -0.25) is 9.38 Å². The van der Waals surface area contributed by atoms with Crippen molar-refractivity contribution in [3.8, 4) is 0 Å². The van der Waals surface area contributed by atoms with Crippen LogP contribution in [0, 0.1) is 6.92 Å². The van der Waals surface area contributed by atoms with Gasteiger partial charge in [0, 0.05) is 42.6 Å². The van der Waals surface area contributed by atoms with E-state index in [2.05, 4.69) is 32.8 Å². The van der Waals surface area contributed by atoms with Crippen molar-refractivity contribution < 1.29 is 0 Å². The van der Waals surface area contributed by atoms with Crippen molar-refractivity contribution in [1.29, 1.82) is 0 Å². The fourth-order valence-corrected chi connectivity index (χ4v) is 3.01. The number of aromatic nitrogens is 3. The van der Waals surface area contributed by atoms with Crippen LogP contribution in [-0.4, -0.2) is 21.4 Å². The van der Waals surface area contributed by atoms with E-state index < -0.39 is 0 Å². The third-order valence-electron chi connectivity index (χ3n) is 3.36. The average Bonchev–Trinajstić information content (AvgIpc) is 2.97. The summed E-state index contributed by atoms with van der Waals surface area (Å²) in [5.74, 6) is 0. The molecule has 0 aliphatic rings. The minimum Gasteiger partial charge on any atom is -0.313 e. The van der Waals surface area contributed by atoms with E-state index in [4.69, 9.17) is 0 Å². The summed E-state index contributed by atoms with van der Waals surface area (Å²) in [7, 11) is 1.98. The van der Waals surface area contributed by atoms with Gasteiger partial charge >= 0.3 is 0 Å². The van der Waals surface area contributed by atoms with E-state index in [0.29, 0.717) is 0 Å². The zero-order valence-corrected chi connectivity index (χ0v) is 11.8. The van der Waals surface area contributed by atoms with Gasteiger partial charge in [-0.25, -0.2) is 4.98 Å². The highest BCUT2D eigenvalue weighted by Gasteiger charge is 2.14. The molecule has 0 fully saturated rings. The molecule has 19 heavy (non-hydrogen) atoms. The average molecular weight is 272 g/mol. The SMILES string of the molecule is CNC(Cc1cn2ccsc2n1)c1cnccc1C. The van der Waals surface area contributed by atoms with Crippen LogP contribution in [-0.2, 0) is 6.42 Å². The number of aryl methyl sites for hydroxylation is 1. The second-order valence-electron chi connectivity index (χ2n) is 4.60. The molecule has 0 aliphatic heterocycles. The first-order chi connectivity index (χ1) is 9.28. The quantitative estimate of drug-likeness (QED) is 0.794. The maximum Gasteiger partial charge on any atom is 0.193 e. The first kappa shape index (κ1) is 12.3. The lowest BCUT2D eigenvalue weighted by Gasteiger charge is -2.17. The van der Waals surface area contributed by atoms with Gasteiger partial charge in [0.25, 0.3) is 0 Å². The lowest BCUT2D eigenvalue weighted by Crippen LogP contribution is -2.20. The summed E-state index contributed by atoms with van der Waals surface area (Å²) in [5.41, 5.74) is 3.60. The van der Waals surface area contributed by atoms with Crippen LogP contribution in [0.3, 0.4) is 0 Å². The number of likely N-dealkylation sites (N-methyl/N-ethyl adjacent to an activating group) is 1. The van der Waals surface area contributed by atoms with Crippen molar-refractivity contribution in [1.82, 2.24) is 19.7 Å². The van der Waals surface area contributed by atoms with Crippen LogP contribution in [0.15, 0.2) is 36.2 Å². The molecule has 0 amide bonds. The van der Waals surface area contributed by atoms with E-state index in [1.165, 1.54) is 11.1 Å². The van der Waals surface area contributed by atoms with Crippen LogP contribution in [0.2, 0.25) is 0 Å². The maximum atomic E-state index is 4.64. The van der Waals surface area contributed by atoms with E-state index >= 15 is 0 Å². The minimum atomic E-state index is 0.248. The van der Waals surface area contributed by atoms with Gasteiger partial charge in [0.15, 0.2) is 4.96 Å². The topological polar surface area (TPSA) is 42.2 Å². The predicted octanol–water partition coefficient (Wildman–Crippen LogP) is 2.60. The van der Waals surface area contributed by atoms with Crippen LogP contribution in [0.4, 0.5) is 0 Å². The highest BCUT2D eigenvalue weighted by atomic mass is 32.1. The van der Waals surface area contributed by atoms with E-state index in [9.17, 15) is 0 Å². The fourth-order valence-electron chi connectivity index (χ4n) is 2.29. The number of hydrogen-bond donors (Lipinski definition) is 1. The zero-order valence-electron chi connectivity index (χ0n) is 11.0. The summed E-state index contributed by atoms with van der Waals surface area (Å²) in [4.78, 5) is 9.91. The second kappa shape index (κ2) is 5.11. The number of hydrogen-bond acceptors (Lipinski definition) is 4. The summed E-state index contributed by atoms with van der Waals surface area (Å²) in [5, 5.41) is 5.41.